The zero-order chi connectivity index (χ0) is 15.8. The number of methoxy groups -OCH3 is 2. The lowest BCUT2D eigenvalue weighted by molar-refractivity contribution is -0.137. The molecule has 0 atom stereocenters. The van der Waals surface area contributed by atoms with E-state index in [-0.39, 0.29) is 13.2 Å². The second-order valence-electron chi connectivity index (χ2n) is 4.08. The summed E-state index contributed by atoms with van der Waals surface area (Å²) in [6, 6.07) is 4.60. The molecule has 0 aliphatic rings. The average molecular weight is 361 g/mol. The van der Waals surface area contributed by atoms with Crippen LogP contribution in [-0.2, 0) is 9.53 Å². The third-order valence-corrected chi connectivity index (χ3v) is 3.08. The molecule has 0 bridgehead atoms. The van der Waals surface area contributed by atoms with Gasteiger partial charge in [-0.25, -0.2) is 4.79 Å². The number of nitrogens with one attached hydrogen (secondary N) is 1. The van der Waals surface area contributed by atoms with Crippen LogP contribution in [0.3, 0.4) is 0 Å². The lowest BCUT2D eigenvalue weighted by atomic mass is 10.3. The third-order valence-electron chi connectivity index (χ3n) is 2.58. The van der Waals surface area contributed by atoms with Crippen LogP contribution in [-0.4, -0.2) is 55.9 Å². The molecule has 0 aliphatic carbocycles. The van der Waals surface area contributed by atoms with Crippen LogP contribution >= 0.6 is 15.9 Å². The fourth-order valence-electron chi connectivity index (χ4n) is 1.59. The molecule has 0 fully saturated rings. The van der Waals surface area contributed by atoms with Crippen molar-refractivity contribution in [3.8, 4) is 5.75 Å². The van der Waals surface area contributed by atoms with E-state index >= 15 is 0 Å². The first-order chi connectivity index (χ1) is 9.97. The van der Waals surface area contributed by atoms with E-state index in [0.29, 0.717) is 11.4 Å². The van der Waals surface area contributed by atoms with E-state index in [9.17, 15) is 9.59 Å². The molecule has 0 saturated heterocycles. The Bertz CT molecular complexity index is 509. The van der Waals surface area contributed by atoms with Crippen molar-refractivity contribution in [2.75, 3.05) is 39.2 Å². The molecule has 8 heteroatoms. The summed E-state index contributed by atoms with van der Waals surface area (Å²) in [5.41, 5.74) is 0.449. The topological polar surface area (TPSA) is 88.1 Å². The standard InChI is InChI=1S/C13H17BrN2O5/c1-20-6-5-16(8-12(17)18)13(19)15-10-7-9(14)3-4-11(10)21-2/h3-4,7H,5-6,8H2,1-2H3,(H,15,19)(H,17,18). The van der Waals surface area contributed by atoms with Gasteiger partial charge in [0.2, 0.25) is 0 Å². The van der Waals surface area contributed by atoms with Gasteiger partial charge in [-0.1, -0.05) is 15.9 Å². The number of hydrogen-bond donors (Lipinski definition) is 2. The fourth-order valence-corrected chi connectivity index (χ4v) is 1.95. The Morgan fingerprint density at radius 3 is 2.67 bits per heavy atom. The van der Waals surface area contributed by atoms with Gasteiger partial charge < -0.3 is 24.8 Å². The van der Waals surface area contributed by atoms with Crippen LogP contribution in [0.15, 0.2) is 22.7 Å². The van der Waals surface area contributed by atoms with E-state index in [1.165, 1.54) is 14.2 Å². The number of rotatable bonds is 7. The van der Waals surface area contributed by atoms with E-state index < -0.39 is 18.5 Å². The normalized spacial score (nSPS) is 10.0. The molecular weight excluding hydrogens is 344 g/mol. The summed E-state index contributed by atoms with van der Waals surface area (Å²) in [4.78, 5) is 24.1. The van der Waals surface area contributed by atoms with Gasteiger partial charge in [0.1, 0.15) is 12.3 Å². The van der Waals surface area contributed by atoms with Gasteiger partial charge in [-0.15, -0.1) is 0 Å². The second kappa shape index (κ2) is 8.48. The fraction of sp³-hybridized carbons (Fsp3) is 0.385. The molecule has 7 nitrogen and oxygen atoms in total. The Morgan fingerprint density at radius 2 is 2.10 bits per heavy atom. The zero-order valence-electron chi connectivity index (χ0n) is 11.8. The Balaban J connectivity index is 2.84. The molecule has 0 saturated carbocycles. The predicted molar refractivity (Wildman–Crippen MR) is 80.8 cm³/mol. The molecule has 0 radical (unpaired) electrons. The van der Waals surface area contributed by atoms with Gasteiger partial charge in [0.25, 0.3) is 0 Å². The van der Waals surface area contributed by atoms with Crippen molar-refractivity contribution in [1.29, 1.82) is 0 Å². The maximum Gasteiger partial charge on any atom is 0.323 e. The highest BCUT2D eigenvalue weighted by Crippen LogP contribution is 2.28. The van der Waals surface area contributed by atoms with Crippen LogP contribution in [0.4, 0.5) is 10.5 Å². The molecule has 0 spiro atoms. The Morgan fingerprint density at radius 1 is 1.38 bits per heavy atom. The van der Waals surface area contributed by atoms with Crippen LogP contribution in [0.1, 0.15) is 0 Å². The molecule has 1 aromatic carbocycles. The van der Waals surface area contributed by atoms with Crippen LogP contribution in [0, 0.1) is 0 Å². The Hall–Kier alpha value is -1.80. The quantitative estimate of drug-likeness (QED) is 0.776. The zero-order valence-corrected chi connectivity index (χ0v) is 13.3. The highest BCUT2D eigenvalue weighted by atomic mass is 79.9. The first kappa shape index (κ1) is 17.3. The van der Waals surface area contributed by atoms with Crippen molar-refractivity contribution in [2.45, 2.75) is 0 Å². The number of ether oxygens (including phenoxy) is 2. The summed E-state index contributed by atoms with van der Waals surface area (Å²) in [5, 5.41) is 11.5. The van der Waals surface area contributed by atoms with E-state index in [4.69, 9.17) is 14.6 Å². The number of carbonyl (C=O) groups is 2. The minimum Gasteiger partial charge on any atom is -0.495 e. The van der Waals surface area contributed by atoms with E-state index in [1.54, 1.807) is 18.2 Å². The third kappa shape index (κ3) is 5.60. The molecule has 1 rings (SSSR count). The summed E-state index contributed by atoms with van der Waals surface area (Å²) in [7, 11) is 2.97. The summed E-state index contributed by atoms with van der Waals surface area (Å²) in [5.74, 6) is -0.615. The van der Waals surface area contributed by atoms with Crippen molar-refractivity contribution < 1.29 is 24.2 Å². The molecule has 2 N–H and O–H groups in total. The number of aliphatic carboxylic acids is 1. The number of amides is 2. The van der Waals surface area contributed by atoms with E-state index in [0.717, 1.165) is 9.37 Å². The van der Waals surface area contributed by atoms with Crippen LogP contribution in [0.5, 0.6) is 5.75 Å². The number of benzene rings is 1. The lowest BCUT2D eigenvalue weighted by Gasteiger charge is -2.21. The summed E-state index contributed by atoms with van der Waals surface area (Å²) < 4.78 is 10.8. The molecule has 2 amide bonds. The number of carboxylic acids is 1. The highest BCUT2D eigenvalue weighted by molar-refractivity contribution is 9.10. The number of carbonyl (C=O) groups excluding carboxylic acids is 1. The summed E-state index contributed by atoms with van der Waals surface area (Å²) in [6.45, 7) is 0.00673. The van der Waals surface area contributed by atoms with Gasteiger partial charge in [-0.2, -0.15) is 0 Å². The number of anilines is 1. The number of carboxylic acid groups (broad SMARTS) is 1. The van der Waals surface area contributed by atoms with Crippen molar-refractivity contribution in [1.82, 2.24) is 4.90 Å². The lowest BCUT2D eigenvalue weighted by Crippen LogP contribution is -2.40. The van der Waals surface area contributed by atoms with Gasteiger partial charge in [0.15, 0.2) is 0 Å². The maximum atomic E-state index is 12.2. The van der Waals surface area contributed by atoms with Crippen LogP contribution < -0.4 is 10.1 Å². The summed E-state index contributed by atoms with van der Waals surface area (Å²) >= 11 is 3.30. The van der Waals surface area contributed by atoms with Crippen LogP contribution in [0.2, 0.25) is 0 Å². The van der Waals surface area contributed by atoms with E-state index in [2.05, 4.69) is 21.2 Å². The monoisotopic (exact) mass is 360 g/mol. The van der Waals surface area contributed by atoms with Gasteiger partial charge in [0, 0.05) is 18.1 Å². The van der Waals surface area contributed by atoms with Crippen molar-refractivity contribution in [3.63, 3.8) is 0 Å². The SMILES string of the molecule is COCCN(CC(=O)O)C(=O)Nc1cc(Br)ccc1OC. The molecule has 0 aromatic heterocycles. The molecule has 0 unspecified atom stereocenters. The van der Waals surface area contributed by atoms with Crippen molar-refractivity contribution in [3.05, 3.63) is 22.7 Å². The van der Waals surface area contributed by atoms with Gasteiger partial charge >= 0.3 is 12.0 Å². The number of halogens is 1. The van der Waals surface area contributed by atoms with Gasteiger partial charge in [-0.3, -0.25) is 4.79 Å². The molecule has 0 aliphatic heterocycles. The van der Waals surface area contributed by atoms with Gasteiger partial charge in [0.05, 0.1) is 19.4 Å². The van der Waals surface area contributed by atoms with Crippen molar-refractivity contribution >= 4 is 33.6 Å². The predicted octanol–water partition coefficient (Wildman–Crippen LogP) is 2.02. The van der Waals surface area contributed by atoms with E-state index in [1.807, 2.05) is 0 Å². The molecule has 0 heterocycles. The largest absolute Gasteiger partial charge is 0.495 e. The Kier molecular flexibility index (Phi) is 6.97. The Labute approximate surface area is 131 Å². The smallest absolute Gasteiger partial charge is 0.323 e. The molecular formula is C13H17BrN2O5. The minimum absolute atomic E-state index is 0.172. The number of hydrogen-bond acceptors (Lipinski definition) is 4. The number of nitrogens with zero attached hydrogens (tertiary/aromatic N) is 1. The maximum absolute atomic E-state index is 12.2. The first-order valence-electron chi connectivity index (χ1n) is 6.08. The average Bonchev–Trinajstić information content (AvgIpc) is 2.43. The second-order valence-corrected chi connectivity index (χ2v) is 5.00. The molecule has 116 valence electrons. The highest BCUT2D eigenvalue weighted by Gasteiger charge is 2.18. The van der Waals surface area contributed by atoms with Crippen molar-refractivity contribution in [2.24, 2.45) is 0 Å². The van der Waals surface area contributed by atoms with Gasteiger partial charge in [-0.05, 0) is 18.2 Å². The molecule has 1 aromatic rings. The molecule has 21 heavy (non-hydrogen) atoms. The number of urea groups is 1. The first-order valence-corrected chi connectivity index (χ1v) is 6.87. The summed E-state index contributed by atoms with van der Waals surface area (Å²) in [6.07, 6.45) is 0. The van der Waals surface area contributed by atoms with Crippen LogP contribution in [0.25, 0.3) is 0 Å². The minimum atomic E-state index is -1.09.